The number of fused-ring (bicyclic) bond motifs is 5. The number of nitrogens with zero attached hydrogens (tertiary/aromatic N) is 1. The second-order valence-electron chi connectivity index (χ2n) is 9.01. The van der Waals surface area contributed by atoms with Crippen molar-refractivity contribution in [3.05, 3.63) is 76.3 Å². The third kappa shape index (κ3) is 4.34. The summed E-state index contributed by atoms with van der Waals surface area (Å²) in [7, 11) is 0. The molecule has 0 unspecified atom stereocenters. The van der Waals surface area contributed by atoms with E-state index in [1.54, 1.807) is 18.2 Å². The number of nitrogens with one attached hydrogen (secondary N) is 1. The molecule has 2 aliphatic carbocycles. The monoisotopic (exact) mass is 512 g/mol. The van der Waals surface area contributed by atoms with Gasteiger partial charge < -0.3 is 10.1 Å². The van der Waals surface area contributed by atoms with Crippen molar-refractivity contribution < 1.29 is 23.9 Å². The molecule has 1 N–H and O–H groups in total. The van der Waals surface area contributed by atoms with Gasteiger partial charge in [0.1, 0.15) is 6.04 Å². The highest BCUT2D eigenvalue weighted by atomic mass is 35.5. The van der Waals surface area contributed by atoms with Crippen molar-refractivity contribution in [3.63, 3.8) is 0 Å². The molecule has 2 aromatic rings. The SMILES string of the molecule is O=C(COC(=O)[C@H](Cc1ccccc1)N1C(=O)[C@H]2[C@H](C1=O)[C@H]1C=C[C@H]2C1)Nc1cccc(Cl)c1Cl. The number of rotatable bonds is 7. The molecular formula is C26H22Cl2N2O5. The van der Waals surface area contributed by atoms with E-state index >= 15 is 0 Å². The topological polar surface area (TPSA) is 92.8 Å². The second kappa shape index (κ2) is 9.47. The number of esters is 1. The number of carbonyl (C=O) groups excluding carboxylic acids is 4. The quantitative estimate of drug-likeness (QED) is 0.345. The molecule has 180 valence electrons. The summed E-state index contributed by atoms with van der Waals surface area (Å²) in [6, 6.07) is 12.7. The Morgan fingerprint density at radius 3 is 2.29 bits per heavy atom. The number of hydrogen-bond donors (Lipinski definition) is 1. The summed E-state index contributed by atoms with van der Waals surface area (Å²) in [5.41, 5.74) is 1.05. The third-order valence-electron chi connectivity index (χ3n) is 6.93. The smallest absolute Gasteiger partial charge is 0.330 e. The van der Waals surface area contributed by atoms with Gasteiger partial charge in [0, 0.05) is 6.42 Å². The van der Waals surface area contributed by atoms with Crippen LogP contribution in [0.5, 0.6) is 0 Å². The molecule has 3 amide bonds. The minimum absolute atomic E-state index is 0.0214. The van der Waals surface area contributed by atoms with Crippen molar-refractivity contribution in [3.8, 4) is 0 Å². The lowest BCUT2D eigenvalue weighted by Gasteiger charge is -2.26. The van der Waals surface area contributed by atoms with Gasteiger partial charge in [-0.15, -0.1) is 0 Å². The summed E-state index contributed by atoms with van der Waals surface area (Å²) in [4.78, 5) is 53.3. The Morgan fingerprint density at radius 2 is 1.63 bits per heavy atom. The molecule has 3 aliphatic rings. The number of likely N-dealkylation sites (tertiary alicyclic amines) is 1. The normalized spacial score (nSPS) is 25.0. The minimum atomic E-state index is -1.16. The van der Waals surface area contributed by atoms with E-state index in [2.05, 4.69) is 5.32 Å². The zero-order valence-electron chi connectivity index (χ0n) is 18.5. The summed E-state index contributed by atoms with van der Waals surface area (Å²) >= 11 is 12.1. The fourth-order valence-electron chi connectivity index (χ4n) is 5.37. The van der Waals surface area contributed by atoms with Crippen LogP contribution >= 0.6 is 23.2 Å². The van der Waals surface area contributed by atoms with Gasteiger partial charge in [-0.3, -0.25) is 19.3 Å². The maximum absolute atomic E-state index is 13.3. The van der Waals surface area contributed by atoms with Gasteiger partial charge in [-0.25, -0.2) is 4.79 Å². The molecule has 2 aromatic carbocycles. The lowest BCUT2D eigenvalue weighted by atomic mass is 9.85. The van der Waals surface area contributed by atoms with E-state index in [-0.39, 0.29) is 45.8 Å². The third-order valence-corrected chi connectivity index (χ3v) is 7.75. The van der Waals surface area contributed by atoms with Crippen LogP contribution in [0.4, 0.5) is 5.69 Å². The van der Waals surface area contributed by atoms with E-state index in [9.17, 15) is 19.2 Å². The molecule has 1 saturated heterocycles. The number of amides is 3. The van der Waals surface area contributed by atoms with Gasteiger partial charge in [0.05, 0.1) is 27.6 Å². The maximum atomic E-state index is 13.3. The van der Waals surface area contributed by atoms with E-state index < -0.39 is 36.4 Å². The first-order valence-electron chi connectivity index (χ1n) is 11.3. The number of hydrogen-bond acceptors (Lipinski definition) is 5. The van der Waals surface area contributed by atoms with Crippen LogP contribution in [0.15, 0.2) is 60.7 Å². The van der Waals surface area contributed by atoms with Crippen molar-refractivity contribution in [2.45, 2.75) is 18.9 Å². The first-order chi connectivity index (χ1) is 16.8. The molecular weight excluding hydrogens is 491 g/mol. The fourth-order valence-corrected chi connectivity index (χ4v) is 5.72. The summed E-state index contributed by atoms with van der Waals surface area (Å²) in [6.45, 7) is -0.608. The first-order valence-corrected chi connectivity index (χ1v) is 12.1. The molecule has 35 heavy (non-hydrogen) atoms. The predicted octanol–water partition coefficient (Wildman–Crippen LogP) is 3.89. The largest absolute Gasteiger partial charge is 0.454 e. The molecule has 2 bridgehead atoms. The maximum Gasteiger partial charge on any atom is 0.330 e. The Balaban J connectivity index is 1.32. The van der Waals surface area contributed by atoms with Gasteiger partial charge in [0.15, 0.2) is 6.61 Å². The average molecular weight is 513 g/mol. The number of benzene rings is 2. The molecule has 0 radical (unpaired) electrons. The molecule has 5 atom stereocenters. The highest BCUT2D eigenvalue weighted by molar-refractivity contribution is 6.44. The number of allylic oxidation sites excluding steroid dienone is 2. The highest BCUT2D eigenvalue weighted by Gasteiger charge is 2.61. The van der Waals surface area contributed by atoms with Crippen LogP contribution in [-0.2, 0) is 30.3 Å². The average Bonchev–Trinajstić information content (AvgIpc) is 3.53. The lowest BCUT2D eigenvalue weighted by molar-refractivity contribution is -0.160. The molecule has 1 heterocycles. The first kappa shape index (κ1) is 23.6. The zero-order valence-corrected chi connectivity index (χ0v) is 20.0. The Kier molecular flexibility index (Phi) is 6.38. The molecule has 7 nitrogen and oxygen atoms in total. The molecule has 1 aliphatic heterocycles. The highest BCUT2D eigenvalue weighted by Crippen LogP contribution is 2.53. The fraction of sp³-hybridized carbons (Fsp3) is 0.308. The van der Waals surface area contributed by atoms with Crippen LogP contribution < -0.4 is 5.32 Å². The molecule has 1 saturated carbocycles. The Morgan fingerprint density at radius 1 is 0.971 bits per heavy atom. The van der Waals surface area contributed by atoms with Gasteiger partial charge in [0.25, 0.3) is 5.91 Å². The van der Waals surface area contributed by atoms with Crippen LogP contribution in [0, 0.1) is 23.7 Å². The standard InChI is InChI=1S/C26H22Cl2N2O5/c27-17-7-4-8-18(23(17)28)29-20(31)13-35-26(34)19(11-14-5-2-1-3-6-14)30-24(32)21-15-9-10-16(12-15)22(21)25(30)33/h1-10,15-16,19,21-22H,11-13H2,(H,29,31)/t15-,16-,19-,21+,22+/m0/s1. The number of ether oxygens (including phenoxy) is 1. The molecule has 5 rings (SSSR count). The number of carbonyl (C=O) groups is 4. The van der Waals surface area contributed by atoms with Crippen LogP contribution in [0.2, 0.25) is 10.0 Å². The Labute approximate surface area is 212 Å². The summed E-state index contributed by atoms with van der Waals surface area (Å²) in [6.07, 6.45) is 4.88. The number of halogens is 2. The van der Waals surface area contributed by atoms with E-state index in [0.717, 1.165) is 16.9 Å². The van der Waals surface area contributed by atoms with Crippen LogP contribution in [0.25, 0.3) is 0 Å². The van der Waals surface area contributed by atoms with Gasteiger partial charge in [0.2, 0.25) is 11.8 Å². The van der Waals surface area contributed by atoms with E-state index in [1.165, 1.54) is 0 Å². The van der Waals surface area contributed by atoms with Crippen LogP contribution in [-0.4, -0.2) is 41.2 Å². The predicted molar refractivity (Wildman–Crippen MR) is 130 cm³/mol. The molecule has 0 spiro atoms. The van der Waals surface area contributed by atoms with E-state index in [1.807, 2.05) is 42.5 Å². The van der Waals surface area contributed by atoms with Crippen molar-refractivity contribution in [2.24, 2.45) is 23.7 Å². The van der Waals surface area contributed by atoms with Crippen LogP contribution in [0.1, 0.15) is 12.0 Å². The van der Waals surface area contributed by atoms with Gasteiger partial charge >= 0.3 is 5.97 Å². The summed E-state index contributed by atoms with van der Waals surface area (Å²) in [5, 5.41) is 2.98. The lowest BCUT2D eigenvalue weighted by Crippen LogP contribution is -2.48. The van der Waals surface area contributed by atoms with Crippen LogP contribution in [0.3, 0.4) is 0 Å². The Hall–Kier alpha value is -3.16. The van der Waals surface area contributed by atoms with Gasteiger partial charge in [-0.05, 0) is 36.0 Å². The minimum Gasteiger partial charge on any atom is -0.454 e. The van der Waals surface area contributed by atoms with Crippen molar-refractivity contribution >= 4 is 52.6 Å². The molecule has 0 aromatic heterocycles. The number of anilines is 1. The number of imide groups is 1. The zero-order chi connectivity index (χ0) is 24.7. The summed E-state index contributed by atoms with van der Waals surface area (Å²) < 4.78 is 5.29. The van der Waals surface area contributed by atoms with Crippen molar-refractivity contribution in [1.29, 1.82) is 0 Å². The second-order valence-corrected chi connectivity index (χ2v) is 9.79. The van der Waals surface area contributed by atoms with Crippen molar-refractivity contribution in [2.75, 3.05) is 11.9 Å². The van der Waals surface area contributed by atoms with Gasteiger partial charge in [-0.2, -0.15) is 0 Å². The molecule has 2 fully saturated rings. The molecule has 9 heteroatoms. The Bertz CT molecular complexity index is 1200. The van der Waals surface area contributed by atoms with Crippen molar-refractivity contribution in [1.82, 2.24) is 4.90 Å². The van der Waals surface area contributed by atoms with Gasteiger partial charge in [-0.1, -0.05) is 71.8 Å². The van der Waals surface area contributed by atoms with E-state index in [4.69, 9.17) is 27.9 Å². The summed E-state index contributed by atoms with van der Waals surface area (Å²) in [5.74, 6) is -2.95. The van der Waals surface area contributed by atoms with E-state index in [0.29, 0.717) is 0 Å².